The fourth-order valence-corrected chi connectivity index (χ4v) is 4.68. The number of nitrogens with zero attached hydrogens (tertiary/aromatic N) is 2. The first-order chi connectivity index (χ1) is 12.8. The van der Waals surface area contributed by atoms with Gasteiger partial charge in [0, 0.05) is 31.9 Å². The molecule has 0 bridgehead atoms. The van der Waals surface area contributed by atoms with Gasteiger partial charge < -0.3 is 10.2 Å². The van der Waals surface area contributed by atoms with Crippen LogP contribution in [-0.4, -0.2) is 48.9 Å². The molecule has 1 fully saturated rings. The molecule has 27 heavy (non-hydrogen) atoms. The molecule has 0 amide bonds. The number of nitrogens with one attached hydrogen (secondary N) is 1. The Hall–Kier alpha value is -2.03. The summed E-state index contributed by atoms with van der Waals surface area (Å²) in [5.74, 6) is -0.562. The zero-order chi connectivity index (χ0) is 19.6. The van der Waals surface area contributed by atoms with Crippen molar-refractivity contribution in [1.82, 2.24) is 9.21 Å². The molecule has 3 rings (SSSR count). The molecule has 144 valence electrons. The van der Waals surface area contributed by atoms with Crippen LogP contribution in [0.5, 0.6) is 0 Å². The van der Waals surface area contributed by atoms with Crippen molar-refractivity contribution in [1.29, 1.82) is 0 Å². The van der Waals surface area contributed by atoms with Crippen molar-refractivity contribution in [2.75, 3.05) is 31.5 Å². The molecule has 1 saturated heterocycles. The van der Waals surface area contributed by atoms with Crippen molar-refractivity contribution in [2.45, 2.75) is 18.7 Å². The molecule has 2 aromatic carbocycles. The predicted molar refractivity (Wildman–Crippen MR) is 109 cm³/mol. The van der Waals surface area contributed by atoms with Crippen molar-refractivity contribution < 1.29 is 12.8 Å². The lowest BCUT2D eigenvalue weighted by Crippen LogP contribution is -2.51. The van der Waals surface area contributed by atoms with Gasteiger partial charge in [-0.3, -0.25) is 0 Å². The van der Waals surface area contributed by atoms with Gasteiger partial charge in [-0.05, 0) is 67.5 Å². The number of thiocarbonyl (C=S) groups is 1. The third kappa shape index (κ3) is 4.45. The van der Waals surface area contributed by atoms with Crippen LogP contribution in [0.15, 0.2) is 47.4 Å². The Morgan fingerprint density at radius 2 is 1.74 bits per heavy atom. The summed E-state index contributed by atoms with van der Waals surface area (Å²) in [6.07, 6.45) is 0. The Labute approximate surface area is 164 Å². The normalized spacial score (nSPS) is 15.6. The summed E-state index contributed by atoms with van der Waals surface area (Å²) in [6.45, 7) is 5.65. The highest BCUT2D eigenvalue weighted by atomic mass is 32.2. The molecule has 0 spiro atoms. The lowest BCUT2D eigenvalue weighted by molar-refractivity contribution is 0.268. The minimum atomic E-state index is -3.70. The van der Waals surface area contributed by atoms with Crippen LogP contribution in [0.1, 0.15) is 11.1 Å². The lowest BCUT2D eigenvalue weighted by Gasteiger charge is -2.35. The Morgan fingerprint density at radius 3 is 2.37 bits per heavy atom. The van der Waals surface area contributed by atoms with E-state index in [1.54, 1.807) is 0 Å². The van der Waals surface area contributed by atoms with E-state index in [1.807, 2.05) is 30.0 Å². The van der Waals surface area contributed by atoms with E-state index < -0.39 is 15.8 Å². The SMILES string of the molecule is Cc1ccc(NC(=S)N2CCN(S(=O)(=O)c3cccc(F)c3)CC2)cc1C. The molecule has 1 N–H and O–H groups in total. The maximum atomic E-state index is 13.4. The van der Waals surface area contributed by atoms with Crippen LogP contribution in [0, 0.1) is 19.7 Å². The van der Waals surface area contributed by atoms with E-state index >= 15 is 0 Å². The van der Waals surface area contributed by atoms with Crippen LogP contribution in [0.25, 0.3) is 0 Å². The Balaban J connectivity index is 1.62. The molecule has 1 aliphatic heterocycles. The van der Waals surface area contributed by atoms with Crippen LogP contribution >= 0.6 is 12.2 Å². The van der Waals surface area contributed by atoms with E-state index in [0.29, 0.717) is 31.3 Å². The second-order valence-corrected chi connectivity index (χ2v) is 8.90. The first kappa shape index (κ1) is 19.7. The first-order valence-electron chi connectivity index (χ1n) is 8.66. The van der Waals surface area contributed by atoms with Gasteiger partial charge in [0.2, 0.25) is 10.0 Å². The second kappa shape index (κ2) is 7.92. The van der Waals surface area contributed by atoms with Gasteiger partial charge in [-0.15, -0.1) is 0 Å². The number of hydrogen-bond donors (Lipinski definition) is 1. The molecule has 0 aliphatic carbocycles. The van der Waals surface area contributed by atoms with Gasteiger partial charge in [0.1, 0.15) is 5.82 Å². The van der Waals surface area contributed by atoms with Gasteiger partial charge >= 0.3 is 0 Å². The molecular formula is C19H22FN3O2S2. The van der Waals surface area contributed by atoms with Crippen molar-refractivity contribution >= 4 is 33.0 Å². The van der Waals surface area contributed by atoms with E-state index in [-0.39, 0.29) is 4.90 Å². The number of benzene rings is 2. The maximum absolute atomic E-state index is 13.4. The van der Waals surface area contributed by atoms with Crippen LogP contribution in [0.3, 0.4) is 0 Å². The molecule has 1 heterocycles. The molecule has 0 aromatic heterocycles. The van der Waals surface area contributed by atoms with Crippen LogP contribution in [0.4, 0.5) is 10.1 Å². The summed E-state index contributed by atoms with van der Waals surface area (Å²) in [7, 11) is -3.70. The third-order valence-corrected chi connectivity index (χ3v) is 6.97. The van der Waals surface area contributed by atoms with Crippen molar-refractivity contribution in [3.8, 4) is 0 Å². The van der Waals surface area contributed by atoms with E-state index in [9.17, 15) is 12.8 Å². The smallest absolute Gasteiger partial charge is 0.243 e. The standard InChI is InChI=1S/C19H22FN3O2S2/c1-14-6-7-17(12-15(14)2)21-19(26)22-8-10-23(11-9-22)27(24,25)18-5-3-4-16(20)13-18/h3-7,12-13H,8-11H2,1-2H3,(H,21,26). The fraction of sp³-hybridized carbons (Fsp3) is 0.316. The highest BCUT2D eigenvalue weighted by Crippen LogP contribution is 2.19. The van der Waals surface area contributed by atoms with Gasteiger partial charge in [0.15, 0.2) is 5.11 Å². The van der Waals surface area contributed by atoms with Crippen molar-refractivity contribution in [3.05, 3.63) is 59.4 Å². The maximum Gasteiger partial charge on any atom is 0.243 e. The number of halogens is 1. The molecular weight excluding hydrogens is 385 g/mol. The predicted octanol–water partition coefficient (Wildman–Crippen LogP) is 3.15. The van der Waals surface area contributed by atoms with Gasteiger partial charge in [-0.25, -0.2) is 12.8 Å². The number of rotatable bonds is 3. The summed E-state index contributed by atoms with van der Waals surface area (Å²) in [6, 6.07) is 11.1. The van der Waals surface area contributed by atoms with Crippen LogP contribution in [0.2, 0.25) is 0 Å². The quantitative estimate of drug-likeness (QED) is 0.793. The van der Waals surface area contributed by atoms with Crippen LogP contribution in [-0.2, 0) is 10.0 Å². The minimum absolute atomic E-state index is 0.0215. The van der Waals surface area contributed by atoms with E-state index in [1.165, 1.54) is 33.6 Å². The molecule has 1 aliphatic rings. The zero-order valence-electron chi connectivity index (χ0n) is 15.3. The molecule has 0 unspecified atom stereocenters. The number of sulfonamides is 1. The number of aryl methyl sites for hydroxylation is 2. The highest BCUT2D eigenvalue weighted by Gasteiger charge is 2.29. The molecule has 0 atom stereocenters. The number of piperazine rings is 1. The number of anilines is 1. The van der Waals surface area contributed by atoms with E-state index in [4.69, 9.17) is 12.2 Å². The lowest BCUT2D eigenvalue weighted by atomic mass is 10.1. The Bertz CT molecular complexity index is 955. The minimum Gasteiger partial charge on any atom is -0.346 e. The summed E-state index contributed by atoms with van der Waals surface area (Å²) < 4.78 is 40.1. The van der Waals surface area contributed by atoms with Gasteiger partial charge in [-0.1, -0.05) is 12.1 Å². The van der Waals surface area contributed by atoms with Crippen molar-refractivity contribution in [2.24, 2.45) is 0 Å². The Morgan fingerprint density at radius 1 is 1.04 bits per heavy atom. The monoisotopic (exact) mass is 407 g/mol. The van der Waals surface area contributed by atoms with Crippen LogP contribution < -0.4 is 5.32 Å². The van der Waals surface area contributed by atoms with Gasteiger partial charge in [-0.2, -0.15) is 4.31 Å². The second-order valence-electron chi connectivity index (χ2n) is 6.58. The van der Waals surface area contributed by atoms with Crippen molar-refractivity contribution in [3.63, 3.8) is 0 Å². The summed E-state index contributed by atoms with van der Waals surface area (Å²) in [5, 5.41) is 3.78. The summed E-state index contributed by atoms with van der Waals surface area (Å²) >= 11 is 5.47. The topological polar surface area (TPSA) is 52.6 Å². The first-order valence-corrected chi connectivity index (χ1v) is 10.5. The average Bonchev–Trinajstić information content (AvgIpc) is 2.65. The van der Waals surface area contributed by atoms with Gasteiger partial charge in [0.25, 0.3) is 0 Å². The van der Waals surface area contributed by atoms with Gasteiger partial charge in [0.05, 0.1) is 4.90 Å². The highest BCUT2D eigenvalue weighted by molar-refractivity contribution is 7.89. The molecule has 0 radical (unpaired) electrons. The average molecular weight is 408 g/mol. The largest absolute Gasteiger partial charge is 0.346 e. The summed E-state index contributed by atoms with van der Waals surface area (Å²) in [4.78, 5) is 1.93. The fourth-order valence-electron chi connectivity index (χ4n) is 2.93. The zero-order valence-corrected chi connectivity index (χ0v) is 16.9. The van der Waals surface area contributed by atoms with E-state index in [2.05, 4.69) is 12.2 Å². The molecule has 2 aromatic rings. The molecule has 5 nitrogen and oxygen atoms in total. The Kier molecular flexibility index (Phi) is 5.78. The molecule has 8 heteroatoms. The van der Waals surface area contributed by atoms with E-state index in [0.717, 1.165) is 11.8 Å². The number of hydrogen-bond acceptors (Lipinski definition) is 3. The molecule has 0 saturated carbocycles. The summed E-state index contributed by atoms with van der Waals surface area (Å²) in [5.41, 5.74) is 3.30. The third-order valence-electron chi connectivity index (χ3n) is 4.72.